The average Bonchev–Trinajstić information content (AvgIpc) is 2.72. The van der Waals surface area contributed by atoms with Crippen LogP contribution in [0.2, 0.25) is 0 Å². The van der Waals surface area contributed by atoms with Crippen LogP contribution in [0.25, 0.3) is 0 Å². The molecule has 6 heteroatoms. The molecule has 1 aromatic rings. The Balaban J connectivity index is 2.33. The van der Waals surface area contributed by atoms with Crippen LogP contribution in [0.15, 0.2) is 5.38 Å². The van der Waals surface area contributed by atoms with Crippen LogP contribution in [0.1, 0.15) is 21.9 Å². The van der Waals surface area contributed by atoms with Gasteiger partial charge in [0.15, 0.2) is 5.69 Å². The summed E-state index contributed by atoms with van der Waals surface area (Å²) in [6.45, 7) is 1.28. The number of carbonyl (C=O) groups is 1. The highest BCUT2D eigenvalue weighted by atomic mass is 32.1. The maximum atomic E-state index is 11.4. The highest BCUT2D eigenvalue weighted by molar-refractivity contribution is 7.09. The Morgan fingerprint density at radius 2 is 2.40 bits per heavy atom. The number of thiazole rings is 1. The molecular weight excluding hydrogens is 216 g/mol. The number of hydrogen-bond acceptors (Lipinski definition) is 6. The van der Waals surface area contributed by atoms with Crippen molar-refractivity contribution in [3.8, 4) is 0 Å². The first kappa shape index (κ1) is 12.1. The van der Waals surface area contributed by atoms with Gasteiger partial charge < -0.3 is 15.2 Å². The molecule has 0 amide bonds. The normalized spacial score (nSPS) is 10.3. The summed E-state index contributed by atoms with van der Waals surface area (Å²) in [6, 6.07) is 0. The lowest BCUT2D eigenvalue weighted by Gasteiger charge is -2.01. The molecule has 0 spiro atoms. The molecule has 0 aliphatic heterocycles. The van der Waals surface area contributed by atoms with E-state index in [-0.39, 0.29) is 0 Å². The van der Waals surface area contributed by atoms with Crippen molar-refractivity contribution in [2.45, 2.75) is 13.0 Å². The van der Waals surface area contributed by atoms with Crippen LogP contribution in [0.5, 0.6) is 0 Å². The second-order valence-electron chi connectivity index (χ2n) is 2.81. The molecule has 0 aliphatic rings. The van der Waals surface area contributed by atoms with Gasteiger partial charge in [0.05, 0.1) is 6.61 Å². The number of rotatable bonds is 6. The molecule has 1 aromatic heterocycles. The van der Waals surface area contributed by atoms with E-state index in [1.807, 2.05) is 0 Å². The first-order valence-electron chi connectivity index (χ1n) is 4.58. The first-order chi connectivity index (χ1) is 7.27. The summed E-state index contributed by atoms with van der Waals surface area (Å²) in [5, 5.41) is 2.39. The molecular formula is C9H14N2O3S. The second kappa shape index (κ2) is 6.49. The highest BCUT2D eigenvalue weighted by Gasteiger charge is 2.10. The molecule has 2 N–H and O–H groups in total. The van der Waals surface area contributed by atoms with Crippen molar-refractivity contribution < 1.29 is 14.3 Å². The number of nitrogens with zero attached hydrogens (tertiary/aromatic N) is 1. The summed E-state index contributed by atoms with van der Waals surface area (Å²) >= 11 is 1.36. The minimum Gasteiger partial charge on any atom is -0.461 e. The third-order valence-electron chi connectivity index (χ3n) is 1.66. The van der Waals surface area contributed by atoms with E-state index >= 15 is 0 Å². The van der Waals surface area contributed by atoms with Crippen LogP contribution in [0.3, 0.4) is 0 Å². The van der Waals surface area contributed by atoms with Gasteiger partial charge in [-0.2, -0.15) is 0 Å². The lowest BCUT2D eigenvalue weighted by atomic mass is 10.4. The van der Waals surface area contributed by atoms with Crippen LogP contribution in [0.4, 0.5) is 0 Å². The molecule has 0 aromatic carbocycles. The van der Waals surface area contributed by atoms with Crippen LogP contribution < -0.4 is 5.73 Å². The number of carbonyl (C=O) groups excluding carboxylic acids is 1. The topological polar surface area (TPSA) is 74.4 Å². The number of nitrogens with two attached hydrogens (primary N) is 1. The molecule has 0 fully saturated rings. The van der Waals surface area contributed by atoms with Crippen LogP contribution in [-0.4, -0.2) is 31.3 Å². The molecule has 0 saturated carbocycles. The summed E-state index contributed by atoms with van der Waals surface area (Å²) in [4.78, 5) is 15.4. The fraction of sp³-hybridized carbons (Fsp3) is 0.556. The molecule has 0 radical (unpaired) electrons. The minimum absolute atomic E-state index is 0.331. The third kappa shape index (κ3) is 3.94. The first-order valence-corrected chi connectivity index (χ1v) is 5.46. The molecule has 0 atom stereocenters. The van der Waals surface area contributed by atoms with E-state index in [0.29, 0.717) is 31.9 Å². The van der Waals surface area contributed by atoms with Crippen molar-refractivity contribution in [3.63, 3.8) is 0 Å². The molecule has 0 saturated heterocycles. The van der Waals surface area contributed by atoms with Gasteiger partial charge in [0.25, 0.3) is 0 Å². The van der Waals surface area contributed by atoms with Gasteiger partial charge in [0, 0.05) is 32.1 Å². The second-order valence-corrected chi connectivity index (χ2v) is 3.76. The van der Waals surface area contributed by atoms with Crippen molar-refractivity contribution in [1.82, 2.24) is 4.98 Å². The smallest absolute Gasteiger partial charge is 0.357 e. The van der Waals surface area contributed by atoms with Gasteiger partial charge in [-0.25, -0.2) is 9.78 Å². The molecule has 15 heavy (non-hydrogen) atoms. The monoisotopic (exact) mass is 230 g/mol. The van der Waals surface area contributed by atoms with Gasteiger partial charge in [0.2, 0.25) is 0 Å². The Morgan fingerprint density at radius 3 is 3.00 bits per heavy atom. The Hall–Kier alpha value is -0.980. The predicted molar refractivity (Wildman–Crippen MR) is 56.8 cm³/mol. The maximum Gasteiger partial charge on any atom is 0.357 e. The van der Waals surface area contributed by atoms with Crippen LogP contribution in [0, 0.1) is 0 Å². The van der Waals surface area contributed by atoms with Crippen molar-refractivity contribution in [1.29, 1.82) is 0 Å². The average molecular weight is 230 g/mol. The SMILES string of the molecule is COCCCOC(=O)c1csc(CN)n1. The van der Waals surface area contributed by atoms with E-state index in [2.05, 4.69) is 4.98 Å². The summed E-state index contributed by atoms with van der Waals surface area (Å²) in [5.74, 6) is -0.401. The Labute approximate surface area is 92.2 Å². The maximum absolute atomic E-state index is 11.4. The Kier molecular flexibility index (Phi) is 5.23. The van der Waals surface area contributed by atoms with Crippen molar-refractivity contribution in [2.75, 3.05) is 20.3 Å². The third-order valence-corrected chi connectivity index (χ3v) is 2.53. The van der Waals surface area contributed by atoms with Gasteiger partial charge in [0.1, 0.15) is 5.01 Å². The number of aromatic nitrogens is 1. The fourth-order valence-corrected chi connectivity index (χ4v) is 1.58. The predicted octanol–water partition coefficient (Wildman–Crippen LogP) is 0.795. The van der Waals surface area contributed by atoms with Gasteiger partial charge >= 0.3 is 5.97 Å². The minimum atomic E-state index is -0.401. The van der Waals surface area contributed by atoms with E-state index in [1.165, 1.54) is 11.3 Å². The van der Waals surface area contributed by atoms with Gasteiger partial charge in [-0.15, -0.1) is 11.3 Å². The Bertz CT molecular complexity index is 314. The van der Waals surface area contributed by atoms with E-state index < -0.39 is 5.97 Å². The molecule has 1 heterocycles. The lowest BCUT2D eigenvalue weighted by molar-refractivity contribution is 0.0462. The van der Waals surface area contributed by atoms with E-state index in [9.17, 15) is 4.79 Å². The van der Waals surface area contributed by atoms with Gasteiger partial charge in [-0.1, -0.05) is 0 Å². The zero-order chi connectivity index (χ0) is 11.1. The van der Waals surface area contributed by atoms with Gasteiger partial charge in [-0.05, 0) is 0 Å². The zero-order valence-electron chi connectivity index (χ0n) is 8.56. The summed E-state index contributed by atoms with van der Waals surface area (Å²) in [5.41, 5.74) is 5.71. The van der Waals surface area contributed by atoms with Crippen molar-refractivity contribution >= 4 is 17.3 Å². The summed E-state index contributed by atoms with van der Waals surface area (Å²) in [6.07, 6.45) is 0.691. The number of esters is 1. The summed E-state index contributed by atoms with van der Waals surface area (Å²) < 4.78 is 9.80. The van der Waals surface area contributed by atoms with E-state index in [0.717, 1.165) is 5.01 Å². The van der Waals surface area contributed by atoms with Crippen molar-refractivity contribution in [2.24, 2.45) is 5.73 Å². The summed E-state index contributed by atoms with van der Waals surface area (Å²) in [7, 11) is 1.61. The Morgan fingerprint density at radius 1 is 1.60 bits per heavy atom. The molecule has 84 valence electrons. The quantitative estimate of drug-likeness (QED) is 0.578. The number of methoxy groups -OCH3 is 1. The molecule has 5 nitrogen and oxygen atoms in total. The highest BCUT2D eigenvalue weighted by Crippen LogP contribution is 2.09. The van der Waals surface area contributed by atoms with Crippen LogP contribution in [-0.2, 0) is 16.0 Å². The molecule has 0 bridgehead atoms. The standard InChI is InChI=1S/C9H14N2O3S/c1-13-3-2-4-14-9(12)7-6-15-8(5-10)11-7/h6H,2-5,10H2,1H3. The molecule has 0 aliphatic carbocycles. The number of hydrogen-bond donors (Lipinski definition) is 1. The fourth-order valence-electron chi connectivity index (χ4n) is 0.940. The lowest BCUT2D eigenvalue weighted by Crippen LogP contribution is -2.08. The zero-order valence-corrected chi connectivity index (χ0v) is 9.38. The van der Waals surface area contributed by atoms with Crippen LogP contribution >= 0.6 is 11.3 Å². The molecule has 1 rings (SSSR count). The van der Waals surface area contributed by atoms with Gasteiger partial charge in [-0.3, -0.25) is 0 Å². The molecule has 0 unspecified atom stereocenters. The van der Waals surface area contributed by atoms with Crippen molar-refractivity contribution in [3.05, 3.63) is 16.1 Å². The van der Waals surface area contributed by atoms with E-state index in [1.54, 1.807) is 12.5 Å². The van der Waals surface area contributed by atoms with E-state index in [4.69, 9.17) is 15.2 Å². The largest absolute Gasteiger partial charge is 0.461 e. The number of ether oxygens (including phenoxy) is 2.